The van der Waals surface area contributed by atoms with Gasteiger partial charge in [0.05, 0.1) is 28.4 Å². The molecular weight excluding hydrogens is 885 g/mol. The molecule has 336 valence electrons. The number of hydrogen-bond donors (Lipinski definition) is 0. The van der Waals surface area contributed by atoms with E-state index in [4.69, 9.17) is 18.9 Å². The van der Waals surface area contributed by atoms with Gasteiger partial charge in [0.15, 0.2) is 0 Å². The molecule has 0 aliphatic rings. The number of ether oxygens (including phenoxy) is 4. The van der Waals surface area contributed by atoms with Crippen molar-refractivity contribution in [3.05, 3.63) is 218 Å². The number of methoxy groups -OCH3 is 4. The van der Waals surface area contributed by atoms with Crippen LogP contribution in [-0.2, 0) is 0 Å². The van der Waals surface area contributed by atoms with Gasteiger partial charge in [0.1, 0.15) is 23.0 Å². The highest BCUT2D eigenvalue weighted by Gasteiger charge is 2.25. The second-order valence-electron chi connectivity index (χ2n) is 15.3. The zero-order valence-corrected chi connectivity index (χ0v) is 42.0. The summed E-state index contributed by atoms with van der Waals surface area (Å²) in [5.74, 6) is 3.71. The third-order valence-corrected chi connectivity index (χ3v) is 21.8. The molecule has 8 rings (SSSR count). The molecule has 0 saturated carbocycles. The van der Waals surface area contributed by atoms with Crippen LogP contribution >= 0.6 is 31.7 Å². The lowest BCUT2D eigenvalue weighted by atomic mass is 10.3. The fourth-order valence-electron chi connectivity index (χ4n) is 8.17. The summed E-state index contributed by atoms with van der Waals surface area (Å²) < 4.78 is 23.2. The number of benzene rings is 8. The van der Waals surface area contributed by atoms with Gasteiger partial charge >= 0.3 is 0 Å². The van der Waals surface area contributed by atoms with Crippen LogP contribution in [0, 0.1) is 0 Å². The molecule has 0 aliphatic heterocycles. The van der Waals surface area contributed by atoms with Gasteiger partial charge in [-0.3, -0.25) is 0 Å². The third-order valence-electron chi connectivity index (χ3n) is 11.3. The van der Waals surface area contributed by atoms with Gasteiger partial charge in [-0.1, -0.05) is 194 Å². The van der Waals surface area contributed by atoms with Crippen molar-refractivity contribution in [3.63, 3.8) is 0 Å². The van der Waals surface area contributed by atoms with E-state index in [1.807, 2.05) is 24.3 Å². The Kier molecular flexibility index (Phi) is 19.2. The number of para-hydroxylation sites is 4. The Balaban J connectivity index is 0.000000202. The molecule has 0 spiro atoms. The largest absolute Gasteiger partial charge is 0.496 e. The third kappa shape index (κ3) is 13.0. The predicted octanol–water partition coefficient (Wildman–Crippen LogP) is 11.3. The second-order valence-corrected chi connectivity index (χ2v) is 24.5. The van der Waals surface area contributed by atoms with Crippen molar-refractivity contribution in [2.75, 3.05) is 53.1 Å². The minimum absolute atomic E-state index is 0.309. The number of rotatable bonds is 20. The van der Waals surface area contributed by atoms with Crippen LogP contribution in [0.3, 0.4) is 0 Å². The van der Waals surface area contributed by atoms with E-state index in [1.54, 1.807) is 28.4 Å². The van der Waals surface area contributed by atoms with Crippen molar-refractivity contribution in [2.24, 2.45) is 0 Å². The minimum atomic E-state index is -0.697. The fourth-order valence-corrected chi connectivity index (χ4v) is 18.6. The summed E-state index contributed by atoms with van der Waals surface area (Å²) in [6, 6.07) is 77.8. The maximum atomic E-state index is 5.79. The van der Waals surface area contributed by atoms with Crippen molar-refractivity contribution in [1.29, 1.82) is 0 Å². The molecule has 0 saturated heterocycles. The maximum Gasteiger partial charge on any atom is 0.126 e. The number of hydrogen-bond acceptors (Lipinski definition) is 4. The fraction of sp³-hybridized carbons (Fsp3) is 0.172. The average Bonchev–Trinajstić information content (AvgIpc) is 3.40. The molecule has 8 heteroatoms. The van der Waals surface area contributed by atoms with E-state index in [0.717, 1.165) is 41.7 Å². The first-order valence-electron chi connectivity index (χ1n) is 22.5. The highest BCUT2D eigenvalue weighted by atomic mass is 31.1. The highest BCUT2D eigenvalue weighted by Crippen LogP contribution is 2.45. The molecule has 0 heterocycles. The van der Waals surface area contributed by atoms with Crippen molar-refractivity contribution in [2.45, 2.75) is 12.8 Å². The van der Waals surface area contributed by atoms with Crippen LogP contribution in [0.25, 0.3) is 0 Å². The van der Waals surface area contributed by atoms with E-state index in [-0.39, 0.29) is 15.8 Å². The van der Waals surface area contributed by atoms with Gasteiger partial charge in [-0.25, -0.2) is 0 Å². The summed E-state index contributed by atoms with van der Waals surface area (Å²) in [7, 11) is 4.98. The first-order chi connectivity index (χ1) is 32.6. The van der Waals surface area contributed by atoms with Gasteiger partial charge < -0.3 is 18.9 Å². The minimum Gasteiger partial charge on any atom is -0.496 e. The van der Waals surface area contributed by atoms with Gasteiger partial charge in [0.25, 0.3) is 0 Å². The topological polar surface area (TPSA) is 36.9 Å². The van der Waals surface area contributed by atoms with Crippen LogP contribution in [0.5, 0.6) is 23.0 Å². The van der Waals surface area contributed by atoms with Crippen molar-refractivity contribution >= 4 is 74.1 Å². The molecule has 0 aromatic heterocycles. The van der Waals surface area contributed by atoms with E-state index in [0.29, 0.717) is 0 Å². The van der Waals surface area contributed by atoms with Crippen molar-refractivity contribution in [1.82, 2.24) is 0 Å². The average molecular weight is 945 g/mol. The van der Waals surface area contributed by atoms with Gasteiger partial charge in [-0.2, -0.15) is 0 Å². The van der Waals surface area contributed by atoms with Crippen LogP contribution in [0.2, 0.25) is 0 Å². The Morgan fingerprint density at radius 2 is 0.439 bits per heavy atom. The lowest BCUT2D eigenvalue weighted by molar-refractivity contribution is 0.417. The Labute approximate surface area is 398 Å². The summed E-state index contributed by atoms with van der Waals surface area (Å²) in [4.78, 5) is 0. The molecular formula is C58H60O4P4. The summed E-state index contributed by atoms with van der Waals surface area (Å²) in [6.45, 7) is 0. The molecule has 4 nitrogen and oxygen atoms in total. The van der Waals surface area contributed by atoms with Crippen LogP contribution in [0.4, 0.5) is 0 Å². The van der Waals surface area contributed by atoms with E-state index in [1.165, 1.54) is 61.2 Å². The molecule has 66 heavy (non-hydrogen) atoms. The first-order valence-corrected chi connectivity index (χ1v) is 28.6. The van der Waals surface area contributed by atoms with E-state index >= 15 is 0 Å². The van der Waals surface area contributed by atoms with E-state index in [2.05, 4.69) is 194 Å². The van der Waals surface area contributed by atoms with Gasteiger partial charge in [-0.15, -0.1) is 0 Å². The normalized spacial score (nSPS) is 11.0. The van der Waals surface area contributed by atoms with Crippen molar-refractivity contribution in [3.8, 4) is 23.0 Å². The molecule has 0 unspecified atom stereocenters. The Bertz CT molecular complexity index is 2280. The van der Waals surface area contributed by atoms with E-state index < -0.39 is 15.8 Å². The van der Waals surface area contributed by atoms with Crippen LogP contribution in [0.1, 0.15) is 12.8 Å². The molecule has 0 amide bonds. The maximum absolute atomic E-state index is 5.79. The zero-order valence-electron chi connectivity index (χ0n) is 38.4. The Hall–Kier alpha value is -5.32. The van der Waals surface area contributed by atoms with Crippen molar-refractivity contribution < 1.29 is 18.9 Å². The molecule has 0 atom stereocenters. The second kappa shape index (κ2) is 26.1. The molecule has 0 N–H and O–H groups in total. The van der Waals surface area contributed by atoms with Crippen LogP contribution < -0.4 is 61.4 Å². The smallest absolute Gasteiger partial charge is 0.126 e. The molecule has 0 aliphatic carbocycles. The molecule has 8 aromatic carbocycles. The Morgan fingerprint density at radius 3 is 0.667 bits per heavy atom. The van der Waals surface area contributed by atoms with Crippen LogP contribution in [0.15, 0.2) is 218 Å². The molecule has 8 aromatic rings. The van der Waals surface area contributed by atoms with Gasteiger partial charge in [-0.05, 0) is 115 Å². The van der Waals surface area contributed by atoms with Gasteiger partial charge in [0, 0.05) is 21.2 Å². The highest BCUT2D eigenvalue weighted by molar-refractivity contribution is 7.75. The zero-order chi connectivity index (χ0) is 45.8. The monoisotopic (exact) mass is 944 g/mol. The Morgan fingerprint density at radius 1 is 0.242 bits per heavy atom. The lowest BCUT2D eigenvalue weighted by Crippen LogP contribution is -2.20. The van der Waals surface area contributed by atoms with Crippen LogP contribution in [-0.4, -0.2) is 53.1 Å². The summed E-state index contributed by atoms with van der Waals surface area (Å²) in [5, 5.41) is 10.9. The summed E-state index contributed by atoms with van der Waals surface area (Å²) in [5.41, 5.74) is 0. The molecule has 0 bridgehead atoms. The summed E-state index contributed by atoms with van der Waals surface area (Å²) in [6.07, 6.45) is 6.77. The summed E-state index contributed by atoms with van der Waals surface area (Å²) >= 11 is 0. The quantitative estimate of drug-likeness (QED) is 0.0714. The first kappa shape index (κ1) is 48.6. The molecule has 0 fully saturated rings. The van der Waals surface area contributed by atoms with E-state index in [9.17, 15) is 0 Å². The SMILES string of the molecule is COc1ccccc1P(CCCP(c1ccccc1OC)c1ccccc1OC)c1ccccc1OC.c1ccc(P(CCCP(c2ccccc2)c2ccccc2)c2ccccc2)cc1. The lowest BCUT2D eigenvalue weighted by Gasteiger charge is -2.26. The predicted molar refractivity (Wildman–Crippen MR) is 291 cm³/mol. The van der Waals surface area contributed by atoms with Gasteiger partial charge in [0.2, 0.25) is 0 Å². The standard InChI is InChI=1S/C31H34O4P2.C27H26P2/c1-32-24-14-5-9-18-28(24)36(29-19-10-6-15-25(29)33-2)22-13-23-37(30-20-11-7-16-26(30)34-3)31-21-12-8-17-27(31)35-4;1-5-14-24(15-6-1)28(25-16-7-2-8-17-25)22-13-23-29(26-18-9-3-10-19-26)27-20-11-4-12-21-27/h5-12,14-21H,13,22-23H2,1-4H3;1-12,14-21H,13,22-23H2. The molecule has 0 radical (unpaired) electrons.